The maximum Gasteiger partial charge on any atom is 0.107 e. The van der Waals surface area contributed by atoms with Gasteiger partial charge >= 0.3 is 0 Å². The van der Waals surface area contributed by atoms with Crippen LogP contribution in [0.15, 0.2) is 0 Å². The molecule has 1 aliphatic rings. The zero-order chi connectivity index (χ0) is 12.3. The molecule has 2 rings (SSSR count). The van der Waals surface area contributed by atoms with Gasteiger partial charge in [0.2, 0.25) is 0 Å². The predicted molar refractivity (Wildman–Crippen MR) is 73.3 cm³/mol. The number of aromatic nitrogens is 1. The van der Waals surface area contributed by atoms with Gasteiger partial charge in [0.15, 0.2) is 0 Å². The number of likely N-dealkylation sites (tertiary alicyclic amines) is 1. The van der Waals surface area contributed by atoms with Crippen molar-refractivity contribution in [3.05, 3.63) is 15.6 Å². The molecule has 2 N–H and O–H groups in total. The molecule has 0 amide bonds. The van der Waals surface area contributed by atoms with Gasteiger partial charge in [-0.1, -0.05) is 6.92 Å². The van der Waals surface area contributed by atoms with E-state index in [1.807, 2.05) is 11.3 Å². The SMILES string of the molecule is Cc1nc(CN2CCC(C)CC2)sc1CCN. The van der Waals surface area contributed by atoms with Crippen molar-refractivity contribution in [1.29, 1.82) is 0 Å². The molecule has 0 aromatic carbocycles. The summed E-state index contributed by atoms with van der Waals surface area (Å²) in [6, 6.07) is 0. The summed E-state index contributed by atoms with van der Waals surface area (Å²) < 4.78 is 0. The Morgan fingerprint density at radius 1 is 1.41 bits per heavy atom. The number of nitrogens with zero attached hydrogens (tertiary/aromatic N) is 2. The Balaban J connectivity index is 1.92. The minimum atomic E-state index is 0.726. The van der Waals surface area contributed by atoms with Gasteiger partial charge in [-0.2, -0.15) is 0 Å². The summed E-state index contributed by atoms with van der Waals surface area (Å²) in [5, 5.41) is 1.26. The third-order valence-corrected chi connectivity index (χ3v) is 4.75. The maximum atomic E-state index is 5.61. The van der Waals surface area contributed by atoms with Crippen LogP contribution in [0.3, 0.4) is 0 Å². The standard InChI is InChI=1S/C13H23N3S/c1-10-4-7-16(8-5-10)9-13-15-11(2)12(17-13)3-6-14/h10H,3-9,14H2,1-2H3. The first-order chi connectivity index (χ1) is 8.19. The van der Waals surface area contributed by atoms with Gasteiger partial charge in [-0.15, -0.1) is 11.3 Å². The van der Waals surface area contributed by atoms with Crippen LogP contribution in [0.4, 0.5) is 0 Å². The monoisotopic (exact) mass is 253 g/mol. The number of piperidine rings is 1. The highest BCUT2D eigenvalue weighted by atomic mass is 32.1. The molecule has 2 heterocycles. The predicted octanol–water partition coefficient (Wildman–Crippen LogP) is 2.18. The van der Waals surface area contributed by atoms with Gasteiger partial charge in [-0.25, -0.2) is 4.98 Å². The first-order valence-electron chi connectivity index (χ1n) is 6.56. The van der Waals surface area contributed by atoms with E-state index in [9.17, 15) is 0 Å². The number of aryl methyl sites for hydroxylation is 1. The highest BCUT2D eigenvalue weighted by molar-refractivity contribution is 7.11. The van der Waals surface area contributed by atoms with E-state index < -0.39 is 0 Å². The third-order valence-electron chi connectivity index (χ3n) is 3.54. The van der Waals surface area contributed by atoms with E-state index in [0.29, 0.717) is 0 Å². The van der Waals surface area contributed by atoms with Crippen LogP contribution in [0.25, 0.3) is 0 Å². The lowest BCUT2D eigenvalue weighted by Gasteiger charge is -2.29. The average molecular weight is 253 g/mol. The van der Waals surface area contributed by atoms with Gasteiger partial charge in [0.25, 0.3) is 0 Å². The number of nitrogens with two attached hydrogens (primary N) is 1. The van der Waals surface area contributed by atoms with Crippen molar-refractivity contribution in [2.75, 3.05) is 19.6 Å². The second kappa shape index (κ2) is 5.94. The summed E-state index contributed by atoms with van der Waals surface area (Å²) in [4.78, 5) is 8.56. The first kappa shape index (κ1) is 13.0. The largest absolute Gasteiger partial charge is 0.330 e. The Hall–Kier alpha value is -0.450. The van der Waals surface area contributed by atoms with Crippen molar-refractivity contribution in [1.82, 2.24) is 9.88 Å². The van der Waals surface area contributed by atoms with E-state index in [2.05, 4.69) is 23.7 Å². The van der Waals surface area contributed by atoms with Crippen LogP contribution in [0.1, 0.15) is 35.3 Å². The summed E-state index contributed by atoms with van der Waals surface area (Å²) in [7, 11) is 0. The van der Waals surface area contributed by atoms with Crippen LogP contribution in [-0.2, 0) is 13.0 Å². The minimum absolute atomic E-state index is 0.726. The van der Waals surface area contributed by atoms with Gasteiger partial charge in [0, 0.05) is 4.88 Å². The molecule has 1 saturated heterocycles. The Kier molecular flexibility index (Phi) is 4.54. The zero-order valence-corrected chi connectivity index (χ0v) is 11.7. The van der Waals surface area contributed by atoms with Crippen molar-refractivity contribution in [3.8, 4) is 0 Å². The normalized spacial score (nSPS) is 18.8. The summed E-state index contributed by atoms with van der Waals surface area (Å²) in [5.41, 5.74) is 6.79. The molecule has 1 fully saturated rings. The number of hydrogen-bond acceptors (Lipinski definition) is 4. The highest BCUT2D eigenvalue weighted by Crippen LogP contribution is 2.22. The number of hydrogen-bond donors (Lipinski definition) is 1. The molecular formula is C13H23N3S. The average Bonchev–Trinajstić information content (AvgIpc) is 2.63. The van der Waals surface area contributed by atoms with Crippen LogP contribution in [0.2, 0.25) is 0 Å². The topological polar surface area (TPSA) is 42.2 Å². The molecule has 3 nitrogen and oxygen atoms in total. The fourth-order valence-electron chi connectivity index (χ4n) is 2.33. The van der Waals surface area contributed by atoms with Crippen molar-refractivity contribution >= 4 is 11.3 Å². The van der Waals surface area contributed by atoms with E-state index in [1.165, 1.54) is 41.5 Å². The minimum Gasteiger partial charge on any atom is -0.330 e. The van der Waals surface area contributed by atoms with Crippen molar-refractivity contribution in [3.63, 3.8) is 0 Å². The van der Waals surface area contributed by atoms with Gasteiger partial charge in [-0.05, 0) is 51.7 Å². The Bertz CT molecular complexity index is 354. The lowest BCUT2D eigenvalue weighted by Crippen LogP contribution is -2.32. The Morgan fingerprint density at radius 3 is 2.76 bits per heavy atom. The molecule has 1 aromatic heterocycles. The van der Waals surface area contributed by atoms with E-state index in [0.717, 1.165) is 25.4 Å². The van der Waals surface area contributed by atoms with E-state index >= 15 is 0 Å². The zero-order valence-electron chi connectivity index (χ0n) is 10.9. The fourth-order valence-corrected chi connectivity index (χ4v) is 3.46. The van der Waals surface area contributed by atoms with Crippen molar-refractivity contribution < 1.29 is 0 Å². The quantitative estimate of drug-likeness (QED) is 0.894. The number of thiazole rings is 1. The summed E-state index contributed by atoms with van der Waals surface area (Å²) >= 11 is 1.85. The van der Waals surface area contributed by atoms with Crippen LogP contribution >= 0.6 is 11.3 Å². The molecule has 0 unspecified atom stereocenters. The molecular weight excluding hydrogens is 230 g/mol. The molecule has 4 heteroatoms. The first-order valence-corrected chi connectivity index (χ1v) is 7.38. The highest BCUT2D eigenvalue weighted by Gasteiger charge is 2.17. The molecule has 0 spiro atoms. The molecule has 17 heavy (non-hydrogen) atoms. The summed E-state index contributed by atoms with van der Waals surface area (Å²) in [6.07, 6.45) is 3.64. The molecule has 0 bridgehead atoms. The van der Waals surface area contributed by atoms with Gasteiger partial charge in [-0.3, -0.25) is 4.90 Å². The van der Waals surface area contributed by atoms with Crippen LogP contribution in [0.5, 0.6) is 0 Å². The summed E-state index contributed by atoms with van der Waals surface area (Å²) in [6.45, 7) is 8.66. The molecule has 0 radical (unpaired) electrons. The fraction of sp³-hybridized carbons (Fsp3) is 0.769. The smallest absolute Gasteiger partial charge is 0.107 e. The second-order valence-electron chi connectivity index (χ2n) is 5.11. The van der Waals surface area contributed by atoms with Crippen LogP contribution in [0, 0.1) is 12.8 Å². The van der Waals surface area contributed by atoms with Crippen LogP contribution < -0.4 is 5.73 Å². The lowest BCUT2D eigenvalue weighted by atomic mass is 9.99. The Labute approximate surface area is 108 Å². The molecule has 1 aliphatic heterocycles. The maximum absolute atomic E-state index is 5.61. The summed E-state index contributed by atoms with van der Waals surface area (Å²) in [5.74, 6) is 0.900. The molecule has 0 atom stereocenters. The molecule has 96 valence electrons. The van der Waals surface area contributed by atoms with Gasteiger partial charge in [0.05, 0.1) is 12.2 Å². The molecule has 0 saturated carbocycles. The van der Waals surface area contributed by atoms with Crippen LogP contribution in [-0.4, -0.2) is 29.5 Å². The van der Waals surface area contributed by atoms with Gasteiger partial charge in [0.1, 0.15) is 5.01 Å². The molecule has 0 aliphatic carbocycles. The number of rotatable bonds is 4. The van der Waals surface area contributed by atoms with Crippen molar-refractivity contribution in [2.24, 2.45) is 11.7 Å². The van der Waals surface area contributed by atoms with E-state index in [1.54, 1.807) is 0 Å². The van der Waals surface area contributed by atoms with Crippen molar-refractivity contribution in [2.45, 2.75) is 39.7 Å². The van der Waals surface area contributed by atoms with E-state index in [4.69, 9.17) is 5.73 Å². The lowest BCUT2D eigenvalue weighted by molar-refractivity contribution is 0.185. The van der Waals surface area contributed by atoms with E-state index in [-0.39, 0.29) is 0 Å². The second-order valence-corrected chi connectivity index (χ2v) is 6.28. The molecule has 1 aromatic rings. The Morgan fingerprint density at radius 2 is 2.12 bits per heavy atom. The van der Waals surface area contributed by atoms with Gasteiger partial charge < -0.3 is 5.73 Å². The third kappa shape index (κ3) is 3.50.